The maximum atomic E-state index is 5.74. The number of benzene rings is 1. The Morgan fingerprint density at radius 2 is 2.00 bits per heavy atom. The molecule has 2 N–H and O–H groups in total. The smallest absolute Gasteiger partial charge is 0.237 e. The molecule has 0 radical (unpaired) electrons. The zero-order valence-corrected chi connectivity index (χ0v) is 11.2. The Morgan fingerprint density at radius 1 is 1.26 bits per heavy atom. The Balaban J connectivity index is 1.84. The molecule has 2 aromatic rings. The number of anilines is 1. The summed E-state index contributed by atoms with van der Waals surface area (Å²) in [6.07, 6.45) is 5.30. The van der Waals surface area contributed by atoms with Gasteiger partial charge in [-0.3, -0.25) is 0 Å². The number of nitrogen functional groups attached to an aromatic ring is 1. The molecule has 1 aliphatic rings. The van der Waals surface area contributed by atoms with Crippen molar-refractivity contribution in [2.45, 2.75) is 44.4 Å². The highest BCUT2D eigenvalue weighted by Gasteiger charge is 2.50. The monoisotopic (exact) mass is 257 g/mol. The summed E-state index contributed by atoms with van der Waals surface area (Å²) in [5, 5.41) is 4.09. The van der Waals surface area contributed by atoms with E-state index in [1.54, 1.807) is 0 Å². The van der Waals surface area contributed by atoms with Crippen molar-refractivity contribution in [2.75, 3.05) is 5.73 Å². The first-order chi connectivity index (χ1) is 9.24. The molecule has 0 bridgehead atoms. The molecule has 3 rings (SSSR count). The normalized spacial score (nSPS) is 16.5. The van der Waals surface area contributed by atoms with Crippen molar-refractivity contribution in [1.29, 1.82) is 0 Å². The molecule has 4 heteroatoms. The van der Waals surface area contributed by atoms with Crippen LogP contribution in [0.1, 0.15) is 49.9 Å². The average molecular weight is 257 g/mol. The summed E-state index contributed by atoms with van der Waals surface area (Å²) in [5.74, 6) is 1.60. The van der Waals surface area contributed by atoms with Crippen LogP contribution in [-0.4, -0.2) is 10.1 Å². The molecular formula is C15H19N3O. The van der Waals surface area contributed by atoms with E-state index in [4.69, 9.17) is 10.3 Å². The summed E-state index contributed by atoms with van der Waals surface area (Å²) in [7, 11) is 0. The fourth-order valence-electron chi connectivity index (χ4n) is 2.44. The van der Waals surface area contributed by atoms with E-state index in [0.29, 0.717) is 0 Å². The number of nitrogens with two attached hydrogens (primary N) is 1. The Labute approximate surface area is 113 Å². The molecule has 1 aromatic heterocycles. The minimum Gasteiger partial charge on any atom is -0.399 e. The zero-order valence-electron chi connectivity index (χ0n) is 11.2. The third-order valence-electron chi connectivity index (χ3n) is 3.84. The molecule has 0 amide bonds. The summed E-state index contributed by atoms with van der Waals surface area (Å²) in [5.41, 5.74) is 7.70. The highest BCUT2D eigenvalue weighted by Crippen LogP contribution is 2.52. The Morgan fingerprint density at radius 3 is 2.63 bits per heavy atom. The number of unbranched alkanes of at least 4 members (excludes halogenated alkanes) is 1. The quantitative estimate of drug-likeness (QED) is 0.836. The van der Waals surface area contributed by atoms with Gasteiger partial charge in [-0.25, -0.2) is 0 Å². The van der Waals surface area contributed by atoms with Crippen LogP contribution in [0.15, 0.2) is 28.8 Å². The third kappa shape index (κ3) is 2.23. The van der Waals surface area contributed by atoms with Crippen LogP contribution in [0.4, 0.5) is 5.69 Å². The number of aromatic nitrogens is 2. The highest BCUT2D eigenvalue weighted by molar-refractivity contribution is 5.45. The molecule has 100 valence electrons. The fourth-order valence-corrected chi connectivity index (χ4v) is 2.44. The van der Waals surface area contributed by atoms with E-state index in [2.05, 4.69) is 29.2 Å². The SMILES string of the molecule is CCCCc1noc(C2(c3ccc(N)cc3)CC2)n1. The first-order valence-corrected chi connectivity index (χ1v) is 6.94. The lowest BCUT2D eigenvalue weighted by atomic mass is 9.96. The van der Waals surface area contributed by atoms with E-state index in [1.165, 1.54) is 5.56 Å². The van der Waals surface area contributed by atoms with Crippen LogP contribution >= 0.6 is 0 Å². The van der Waals surface area contributed by atoms with Gasteiger partial charge in [0.1, 0.15) is 0 Å². The lowest BCUT2D eigenvalue weighted by Crippen LogP contribution is -2.09. The first-order valence-electron chi connectivity index (χ1n) is 6.94. The predicted molar refractivity (Wildman–Crippen MR) is 73.8 cm³/mol. The van der Waals surface area contributed by atoms with Crippen LogP contribution in [0, 0.1) is 0 Å². The topological polar surface area (TPSA) is 64.9 Å². The summed E-state index contributed by atoms with van der Waals surface area (Å²) >= 11 is 0. The predicted octanol–water partition coefficient (Wildman–Crippen LogP) is 3.07. The van der Waals surface area contributed by atoms with Crippen molar-refractivity contribution < 1.29 is 4.52 Å². The van der Waals surface area contributed by atoms with E-state index in [1.807, 2.05) is 12.1 Å². The number of rotatable bonds is 5. The number of nitrogens with zero attached hydrogens (tertiary/aromatic N) is 2. The molecule has 0 saturated heterocycles. The van der Waals surface area contributed by atoms with Crippen molar-refractivity contribution in [3.63, 3.8) is 0 Å². The largest absolute Gasteiger partial charge is 0.399 e. The van der Waals surface area contributed by atoms with Gasteiger partial charge in [-0.1, -0.05) is 30.6 Å². The van der Waals surface area contributed by atoms with Crippen molar-refractivity contribution in [2.24, 2.45) is 0 Å². The van der Waals surface area contributed by atoms with Crippen LogP contribution in [0.3, 0.4) is 0 Å². The van der Waals surface area contributed by atoms with E-state index in [9.17, 15) is 0 Å². The molecule has 1 aliphatic carbocycles. The Kier molecular flexibility index (Phi) is 3.01. The van der Waals surface area contributed by atoms with Gasteiger partial charge in [0.25, 0.3) is 0 Å². The van der Waals surface area contributed by atoms with Crippen molar-refractivity contribution >= 4 is 5.69 Å². The number of hydrogen-bond donors (Lipinski definition) is 1. The molecule has 1 aromatic carbocycles. The molecule has 0 spiro atoms. The second-order valence-electron chi connectivity index (χ2n) is 5.32. The lowest BCUT2D eigenvalue weighted by Gasteiger charge is -2.10. The van der Waals surface area contributed by atoms with Gasteiger partial charge in [0, 0.05) is 12.1 Å². The minimum absolute atomic E-state index is 0.0504. The van der Waals surface area contributed by atoms with Gasteiger partial charge in [0.2, 0.25) is 5.89 Å². The Hall–Kier alpha value is -1.84. The second-order valence-corrected chi connectivity index (χ2v) is 5.32. The van der Waals surface area contributed by atoms with Crippen molar-refractivity contribution in [3.8, 4) is 0 Å². The lowest BCUT2D eigenvalue weighted by molar-refractivity contribution is 0.355. The molecule has 0 atom stereocenters. The Bertz CT molecular complexity index is 555. The number of hydrogen-bond acceptors (Lipinski definition) is 4. The van der Waals surface area contributed by atoms with Gasteiger partial charge in [-0.15, -0.1) is 0 Å². The van der Waals surface area contributed by atoms with Gasteiger partial charge in [0.15, 0.2) is 5.82 Å². The molecule has 1 saturated carbocycles. The molecule has 1 fully saturated rings. The second kappa shape index (κ2) is 4.68. The maximum Gasteiger partial charge on any atom is 0.237 e. The highest BCUT2D eigenvalue weighted by atomic mass is 16.5. The maximum absolute atomic E-state index is 5.74. The van der Waals surface area contributed by atoms with Crippen molar-refractivity contribution in [3.05, 3.63) is 41.5 Å². The number of aryl methyl sites for hydroxylation is 1. The third-order valence-corrected chi connectivity index (χ3v) is 3.84. The van der Waals surface area contributed by atoms with Gasteiger partial charge >= 0.3 is 0 Å². The van der Waals surface area contributed by atoms with E-state index in [0.717, 1.165) is 49.5 Å². The molecule has 19 heavy (non-hydrogen) atoms. The van der Waals surface area contributed by atoms with E-state index < -0.39 is 0 Å². The molecule has 0 unspecified atom stereocenters. The summed E-state index contributed by atoms with van der Waals surface area (Å²) in [6, 6.07) is 8.00. The van der Waals surface area contributed by atoms with Gasteiger partial charge in [-0.2, -0.15) is 4.98 Å². The average Bonchev–Trinajstić information content (AvgIpc) is 3.10. The van der Waals surface area contributed by atoms with Crippen LogP contribution in [-0.2, 0) is 11.8 Å². The van der Waals surface area contributed by atoms with Crippen molar-refractivity contribution in [1.82, 2.24) is 10.1 Å². The molecule has 0 aliphatic heterocycles. The van der Waals surface area contributed by atoms with Gasteiger partial charge < -0.3 is 10.3 Å². The summed E-state index contributed by atoms with van der Waals surface area (Å²) in [6.45, 7) is 2.16. The summed E-state index contributed by atoms with van der Waals surface area (Å²) < 4.78 is 5.48. The fraction of sp³-hybridized carbons (Fsp3) is 0.467. The van der Waals surface area contributed by atoms with Gasteiger partial charge in [0.05, 0.1) is 5.41 Å². The minimum atomic E-state index is -0.0504. The first kappa shape index (κ1) is 12.2. The van der Waals surface area contributed by atoms with Gasteiger partial charge in [-0.05, 0) is 37.0 Å². The van der Waals surface area contributed by atoms with Crippen LogP contribution in [0.5, 0.6) is 0 Å². The van der Waals surface area contributed by atoms with E-state index >= 15 is 0 Å². The van der Waals surface area contributed by atoms with Crippen LogP contribution in [0.2, 0.25) is 0 Å². The molecule has 1 heterocycles. The van der Waals surface area contributed by atoms with E-state index in [-0.39, 0.29) is 5.41 Å². The summed E-state index contributed by atoms with van der Waals surface area (Å²) in [4.78, 5) is 4.57. The van der Waals surface area contributed by atoms with Crippen LogP contribution < -0.4 is 5.73 Å². The van der Waals surface area contributed by atoms with Crippen LogP contribution in [0.25, 0.3) is 0 Å². The molecular weight excluding hydrogens is 238 g/mol. The zero-order chi connectivity index (χ0) is 13.3. The molecule has 4 nitrogen and oxygen atoms in total. The standard InChI is InChI=1S/C15H19N3O/c1-2-3-4-13-17-14(19-18-13)15(9-10-15)11-5-7-12(16)8-6-11/h5-8H,2-4,9-10,16H2,1H3.